The van der Waals surface area contributed by atoms with Gasteiger partial charge in [0.1, 0.15) is 5.60 Å². The second-order valence-corrected chi connectivity index (χ2v) is 6.68. The maximum atomic E-state index is 12.1. The molecule has 3 rings (SSSR count). The predicted octanol–water partition coefficient (Wildman–Crippen LogP) is 1.62. The molecule has 1 atom stereocenters. The number of nitrogens with one attached hydrogen (secondary N) is 1. The van der Waals surface area contributed by atoms with Crippen molar-refractivity contribution in [3.05, 3.63) is 30.1 Å². The Morgan fingerprint density at radius 2 is 2.12 bits per heavy atom. The summed E-state index contributed by atoms with van der Waals surface area (Å²) in [6.07, 6.45) is 6.61. The number of nitrogens with zero attached hydrogens (tertiary/aromatic N) is 2. The molecule has 0 unspecified atom stereocenters. The molecule has 2 aliphatic rings. The molecule has 1 N–H and O–H groups in total. The minimum absolute atomic E-state index is 0.0706. The van der Waals surface area contributed by atoms with Gasteiger partial charge in [0.15, 0.2) is 0 Å². The lowest BCUT2D eigenvalue weighted by Gasteiger charge is -2.50. The van der Waals surface area contributed by atoms with E-state index in [0.717, 1.165) is 25.9 Å². The van der Waals surface area contributed by atoms with Gasteiger partial charge in [0.25, 0.3) is 5.91 Å². The summed E-state index contributed by atoms with van der Waals surface area (Å²) in [6, 6.07) is 3.41. The van der Waals surface area contributed by atoms with E-state index in [2.05, 4.69) is 10.3 Å². The second kappa shape index (κ2) is 7.30. The summed E-state index contributed by atoms with van der Waals surface area (Å²) < 4.78 is 5.97. The molecule has 1 spiro atoms. The van der Waals surface area contributed by atoms with E-state index >= 15 is 0 Å². The molecule has 2 saturated heterocycles. The van der Waals surface area contributed by atoms with Crippen LogP contribution < -0.4 is 5.32 Å². The molecule has 2 amide bonds. The first-order valence-corrected chi connectivity index (χ1v) is 8.74. The van der Waals surface area contributed by atoms with Crippen molar-refractivity contribution < 1.29 is 14.3 Å². The highest BCUT2D eigenvalue weighted by Crippen LogP contribution is 2.41. The van der Waals surface area contributed by atoms with Crippen LogP contribution in [0.4, 0.5) is 0 Å². The smallest absolute Gasteiger partial charge is 0.251 e. The molecule has 1 aromatic heterocycles. The Kier molecular flexibility index (Phi) is 5.14. The molecule has 0 aliphatic carbocycles. The van der Waals surface area contributed by atoms with E-state index in [-0.39, 0.29) is 17.4 Å². The van der Waals surface area contributed by atoms with Gasteiger partial charge in [-0.25, -0.2) is 0 Å². The van der Waals surface area contributed by atoms with Crippen molar-refractivity contribution in [1.29, 1.82) is 0 Å². The van der Waals surface area contributed by atoms with Crippen LogP contribution in [0.25, 0.3) is 0 Å². The molecule has 6 nitrogen and oxygen atoms in total. The molecule has 0 aromatic carbocycles. The van der Waals surface area contributed by atoms with Crippen molar-refractivity contribution in [2.75, 3.05) is 26.2 Å². The summed E-state index contributed by atoms with van der Waals surface area (Å²) in [5.41, 5.74) is 0.451. The number of pyridine rings is 1. The lowest BCUT2D eigenvalue weighted by atomic mass is 9.78. The number of amides is 2. The monoisotopic (exact) mass is 331 g/mol. The Bertz CT molecular complexity index is 584. The standard InChI is InChI=1S/C18H25N3O3/c1-2-3-16(22)21-12-18(13-21)15(7-11-24-18)6-10-20-17(23)14-4-8-19-9-5-14/h4-5,8-9,15H,2-3,6-7,10-13H2,1H3,(H,20,23)/t15-/m0/s1. The van der Waals surface area contributed by atoms with E-state index in [1.807, 2.05) is 11.8 Å². The molecule has 2 fully saturated rings. The number of carbonyl (C=O) groups is 2. The zero-order chi connectivity index (χ0) is 17.0. The molecular formula is C18H25N3O3. The quantitative estimate of drug-likeness (QED) is 0.860. The molecule has 3 heterocycles. The molecular weight excluding hydrogens is 306 g/mol. The first-order chi connectivity index (χ1) is 11.6. The van der Waals surface area contributed by atoms with Crippen molar-refractivity contribution in [2.24, 2.45) is 5.92 Å². The highest BCUT2D eigenvalue weighted by Gasteiger charge is 2.53. The van der Waals surface area contributed by atoms with Crippen molar-refractivity contribution in [3.8, 4) is 0 Å². The predicted molar refractivity (Wildman–Crippen MR) is 89.5 cm³/mol. The first kappa shape index (κ1) is 16.9. The SMILES string of the molecule is CCCC(=O)N1CC2(C1)OCC[C@@H]2CCNC(=O)c1ccncc1. The van der Waals surface area contributed by atoms with Crippen LogP contribution in [-0.2, 0) is 9.53 Å². The van der Waals surface area contributed by atoms with Gasteiger partial charge in [-0.1, -0.05) is 6.92 Å². The van der Waals surface area contributed by atoms with E-state index in [4.69, 9.17) is 4.74 Å². The third-order valence-corrected chi connectivity index (χ3v) is 5.05. The summed E-state index contributed by atoms with van der Waals surface area (Å²) >= 11 is 0. The van der Waals surface area contributed by atoms with E-state index in [9.17, 15) is 9.59 Å². The Balaban J connectivity index is 1.46. The molecule has 0 bridgehead atoms. The van der Waals surface area contributed by atoms with Crippen LogP contribution in [0.3, 0.4) is 0 Å². The average molecular weight is 331 g/mol. The van der Waals surface area contributed by atoms with E-state index in [0.29, 0.717) is 37.5 Å². The van der Waals surface area contributed by atoms with Crippen molar-refractivity contribution in [3.63, 3.8) is 0 Å². The second-order valence-electron chi connectivity index (χ2n) is 6.68. The fraction of sp³-hybridized carbons (Fsp3) is 0.611. The van der Waals surface area contributed by atoms with Gasteiger partial charge < -0.3 is 15.0 Å². The topological polar surface area (TPSA) is 71.5 Å². The highest BCUT2D eigenvalue weighted by atomic mass is 16.5. The minimum Gasteiger partial charge on any atom is -0.371 e. The van der Waals surface area contributed by atoms with Crippen LogP contribution in [0, 0.1) is 5.92 Å². The molecule has 2 aliphatic heterocycles. The number of ether oxygens (including phenoxy) is 1. The Labute approximate surface area is 142 Å². The van der Waals surface area contributed by atoms with Gasteiger partial charge in [-0.15, -0.1) is 0 Å². The Morgan fingerprint density at radius 3 is 2.83 bits per heavy atom. The van der Waals surface area contributed by atoms with E-state index in [1.165, 1.54) is 0 Å². The van der Waals surface area contributed by atoms with Crippen LogP contribution >= 0.6 is 0 Å². The number of rotatable bonds is 6. The number of likely N-dealkylation sites (tertiary alicyclic amines) is 1. The Morgan fingerprint density at radius 1 is 1.38 bits per heavy atom. The van der Waals surface area contributed by atoms with Gasteiger partial charge in [0.2, 0.25) is 5.91 Å². The van der Waals surface area contributed by atoms with Crippen LogP contribution in [0.1, 0.15) is 43.0 Å². The summed E-state index contributed by atoms with van der Waals surface area (Å²) in [4.78, 5) is 29.8. The molecule has 130 valence electrons. The zero-order valence-electron chi connectivity index (χ0n) is 14.2. The number of hydrogen-bond acceptors (Lipinski definition) is 4. The minimum atomic E-state index is -0.176. The summed E-state index contributed by atoms with van der Waals surface area (Å²) in [5.74, 6) is 0.558. The van der Waals surface area contributed by atoms with Gasteiger partial charge in [0.05, 0.1) is 13.1 Å². The summed E-state index contributed by atoms with van der Waals surface area (Å²) in [7, 11) is 0. The van der Waals surface area contributed by atoms with Crippen LogP contribution in [0.15, 0.2) is 24.5 Å². The van der Waals surface area contributed by atoms with Gasteiger partial charge in [-0.05, 0) is 37.3 Å². The molecule has 0 saturated carbocycles. The molecule has 0 radical (unpaired) electrons. The first-order valence-electron chi connectivity index (χ1n) is 8.74. The van der Waals surface area contributed by atoms with Crippen molar-refractivity contribution in [1.82, 2.24) is 15.2 Å². The maximum Gasteiger partial charge on any atom is 0.251 e. The highest BCUT2D eigenvalue weighted by molar-refractivity contribution is 5.93. The van der Waals surface area contributed by atoms with Crippen LogP contribution in [-0.4, -0.2) is 53.5 Å². The number of aromatic nitrogens is 1. The van der Waals surface area contributed by atoms with E-state index < -0.39 is 0 Å². The van der Waals surface area contributed by atoms with Crippen LogP contribution in [0.5, 0.6) is 0 Å². The summed E-state index contributed by atoms with van der Waals surface area (Å²) in [6.45, 7) is 4.80. The zero-order valence-corrected chi connectivity index (χ0v) is 14.2. The fourth-order valence-corrected chi connectivity index (χ4v) is 3.66. The maximum absolute atomic E-state index is 12.1. The lowest BCUT2D eigenvalue weighted by Crippen LogP contribution is -2.66. The van der Waals surface area contributed by atoms with Gasteiger partial charge >= 0.3 is 0 Å². The Hall–Kier alpha value is -1.95. The summed E-state index contributed by atoms with van der Waals surface area (Å²) in [5, 5.41) is 2.96. The van der Waals surface area contributed by atoms with Gasteiger partial charge in [-0.3, -0.25) is 14.6 Å². The van der Waals surface area contributed by atoms with E-state index in [1.54, 1.807) is 24.5 Å². The fourth-order valence-electron chi connectivity index (χ4n) is 3.66. The van der Waals surface area contributed by atoms with Crippen molar-refractivity contribution >= 4 is 11.8 Å². The number of carbonyl (C=O) groups excluding carboxylic acids is 2. The third kappa shape index (κ3) is 3.43. The van der Waals surface area contributed by atoms with Gasteiger partial charge in [-0.2, -0.15) is 0 Å². The van der Waals surface area contributed by atoms with Gasteiger partial charge in [0, 0.05) is 37.5 Å². The molecule has 6 heteroatoms. The molecule has 1 aromatic rings. The lowest BCUT2D eigenvalue weighted by molar-refractivity contribution is -0.165. The van der Waals surface area contributed by atoms with Crippen molar-refractivity contribution in [2.45, 2.75) is 38.2 Å². The number of hydrogen-bond donors (Lipinski definition) is 1. The third-order valence-electron chi connectivity index (χ3n) is 5.05. The van der Waals surface area contributed by atoms with Crippen LogP contribution in [0.2, 0.25) is 0 Å². The average Bonchev–Trinajstić information content (AvgIpc) is 2.98. The normalized spacial score (nSPS) is 21.5. The largest absolute Gasteiger partial charge is 0.371 e. The molecule has 24 heavy (non-hydrogen) atoms.